The third-order valence-electron chi connectivity index (χ3n) is 4.46. The Morgan fingerprint density at radius 1 is 1.42 bits per heavy atom. The minimum absolute atomic E-state index is 0.00561. The van der Waals surface area contributed by atoms with Crippen LogP contribution in [0.1, 0.15) is 45.0 Å². The second-order valence-electron chi connectivity index (χ2n) is 7.71. The van der Waals surface area contributed by atoms with Crippen LogP contribution in [-0.2, 0) is 27.9 Å². The van der Waals surface area contributed by atoms with E-state index in [1.54, 1.807) is 9.58 Å². The fourth-order valence-electron chi connectivity index (χ4n) is 3.08. The molecule has 0 aromatic carbocycles. The van der Waals surface area contributed by atoms with Crippen LogP contribution in [0.4, 0.5) is 4.79 Å². The van der Waals surface area contributed by atoms with Gasteiger partial charge in [0.25, 0.3) is 0 Å². The highest BCUT2D eigenvalue weighted by Gasteiger charge is 2.30. The molecule has 0 aliphatic carbocycles. The summed E-state index contributed by atoms with van der Waals surface area (Å²) < 4.78 is 18.6. The number of ether oxygens (including phenoxy) is 3. The number of aromatic nitrogens is 3. The molecule has 1 aromatic heterocycles. The van der Waals surface area contributed by atoms with Crippen LogP contribution in [0.3, 0.4) is 0 Å². The maximum Gasteiger partial charge on any atom is 0.410 e. The van der Waals surface area contributed by atoms with E-state index in [0.29, 0.717) is 32.9 Å². The van der Waals surface area contributed by atoms with Gasteiger partial charge in [-0.05, 0) is 39.2 Å². The standard InChI is InChI=1S/C18H28N4O4/c1-18(2,3)26-17(23)22-8-5-14(11-22)25-12-15-16(19-20-21(15)4)13-6-9-24-10-7-13/h6,14H,5,7-12H2,1-4H3. The monoisotopic (exact) mass is 364 g/mol. The van der Waals surface area contributed by atoms with Gasteiger partial charge < -0.3 is 19.1 Å². The van der Waals surface area contributed by atoms with Crippen LogP contribution in [0.5, 0.6) is 0 Å². The summed E-state index contributed by atoms with van der Waals surface area (Å²) in [5, 5.41) is 8.43. The zero-order chi connectivity index (χ0) is 18.7. The molecule has 1 saturated heterocycles. The topological polar surface area (TPSA) is 78.7 Å². The Morgan fingerprint density at radius 3 is 2.92 bits per heavy atom. The van der Waals surface area contributed by atoms with Gasteiger partial charge in [-0.1, -0.05) is 11.3 Å². The lowest BCUT2D eigenvalue weighted by molar-refractivity contribution is 0.0175. The summed E-state index contributed by atoms with van der Waals surface area (Å²) in [6.45, 7) is 8.55. The SMILES string of the molecule is Cn1nnc(C2=CCOCC2)c1COC1CCN(C(=O)OC(C)(C)C)C1. The van der Waals surface area contributed by atoms with Crippen molar-refractivity contribution in [2.45, 2.75) is 51.9 Å². The van der Waals surface area contributed by atoms with E-state index < -0.39 is 5.60 Å². The number of rotatable bonds is 4. The van der Waals surface area contributed by atoms with E-state index in [9.17, 15) is 4.79 Å². The average molecular weight is 364 g/mol. The predicted octanol–water partition coefficient (Wildman–Crippen LogP) is 2.14. The number of aryl methyl sites for hydroxylation is 1. The molecule has 144 valence electrons. The van der Waals surface area contributed by atoms with E-state index in [0.717, 1.165) is 29.8 Å². The van der Waals surface area contributed by atoms with Crippen LogP contribution < -0.4 is 0 Å². The number of carbonyl (C=O) groups is 1. The van der Waals surface area contributed by atoms with Gasteiger partial charge in [0.15, 0.2) is 0 Å². The Labute approximate surface area is 154 Å². The Bertz CT molecular complexity index is 677. The Kier molecular flexibility index (Phi) is 5.62. The molecule has 1 aromatic rings. The molecular formula is C18H28N4O4. The molecule has 0 bridgehead atoms. The third kappa shape index (κ3) is 4.62. The van der Waals surface area contributed by atoms with Crippen LogP contribution in [0.15, 0.2) is 6.08 Å². The molecular weight excluding hydrogens is 336 g/mol. The van der Waals surface area contributed by atoms with Crippen LogP contribution in [0.2, 0.25) is 0 Å². The van der Waals surface area contributed by atoms with Gasteiger partial charge in [-0.15, -0.1) is 5.10 Å². The minimum atomic E-state index is -0.483. The van der Waals surface area contributed by atoms with E-state index in [-0.39, 0.29) is 12.2 Å². The largest absolute Gasteiger partial charge is 0.444 e. The lowest BCUT2D eigenvalue weighted by Gasteiger charge is -2.24. The molecule has 2 aliphatic heterocycles. The zero-order valence-electron chi connectivity index (χ0n) is 16.0. The van der Waals surface area contributed by atoms with Gasteiger partial charge in [0, 0.05) is 13.6 Å². The number of hydrogen-bond acceptors (Lipinski definition) is 6. The van der Waals surface area contributed by atoms with E-state index >= 15 is 0 Å². The van der Waals surface area contributed by atoms with Gasteiger partial charge in [-0.25, -0.2) is 9.48 Å². The van der Waals surface area contributed by atoms with Crippen molar-refractivity contribution in [1.29, 1.82) is 0 Å². The molecule has 0 spiro atoms. The molecule has 0 saturated carbocycles. The summed E-state index contributed by atoms with van der Waals surface area (Å²) >= 11 is 0. The fraction of sp³-hybridized carbons (Fsp3) is 0.722. The molecule has 1 fully saturated rings. The number of carbonyl (C=O) groups excluding carboxylic acids is 1. The molecule has 26 heavy (non-hydrogen) atoms. The summed E-state index contributed by atoms with van der Waals surface area (Å²) in [5.74, 6) is 0. The number of amides is 1. The van der Waals surface area contributed by atoms with Crippen molar-refractivity contribution >= 4 is 11.7 Å². The molecule has 1 atom stereocenters. The van der Waals surface area contributed by atoms with Gasteiger partial charge in [-0.3, -0.25) is 0 Å². The first-order valence-electron chi connectivity index (χ1n) is 9.09. The van der Waals surface area contributed by atoms with E-state index in [1.807, 2.05) is 27.8 Å². The van der Waals surface area contributed by atoms with Crippen molar-refractivity contribution < 1.29 is 19.0 Å². The van der Waals surface area contributed by atoms with E-state index in [1.165, 1.54) is 0 Å². The van der Waals surface area contributed by atoms with Gasteiger partial charge in [0.2, 0.25) is 0 Å². The maximum absolute atomic E-state index is 12.2. The normalized spacial score (nSPS) is 21.0. The minimum Gasteiger partial charge on any atom is -0.444 e. The second-order valence-corrected chi connectivity index (χ2v) is 7.71. The van der Waals surface area contributed by atoms with Crippen molar-refractivity contribution in [2.75, 3.05) is 26.3 Å². The van der Waals surface area contributed by atoms with Crippen LogP contribution in [0.25, 0.3) is 5.57 Å². The molecule has 1 amide bonds. The highest BCUT2D eigenvalue weighted by molar-refractivity contribution is 5.68. The van der Waals surface area contributed by atoms with Crippen LogP contribution in [-0.4, -0.2) is 64.0 Å². The molecule has 1 unspecified atom stereocenters. The average Bonchev–Trinajstić information content (AvgIpc) is 3.19. The fourth-order valence-corrected chi connectivity index (χ4v) is 3.08. The number of nitrogens with zero attached hydrogens (tertiary/aromatic N) is 4. The third-order valence-corrected chi connectivity index (χ3v) is 4.46. The van der Waals surface area contributed by atoms with Gasteiger partial charge in [0.1, 0.15) is 11.3 Å². The van der Waals surface area contributed by atoms with Crippen molar-refractivity contribution in [3.8, 4) is 0 Å². The smallest absolute Gasteiger partial charge is 0.410 e. The van der Waals surface area contributed by atoms with Crippen molar-refractivity contribution in [3.63, 3.8) is 0 Å². The summed E-state index contributed by atoms with van der Waals surface area (Å²) in [7, 11) is 1.87. The molecule has 2 aliphatic rings. The first-order chi connectivity index (χ1) is 12.3. The quantitative estimate of drug-likeness (QED) is 0.814. The Hall–Kier alpha value is -1.93. The summed E-state index contributed by atoms with van der Waals surface area (Å²) in [6, 6.07) is 0. The molecule has 8 heteroatoms. The summed E-state index contributed by atoms with van der Waals surface area (Å²) in [4.78, 5) is 13.9. The molecule has 8 nitrogen and oxygen atoms in total. The molecule has 3 rings (SSSR count). The lowest BCUT2D eigenvalue weighted by atomic mass is 10.1. The Balaban J connectivity index is 1.56. The summed E-state index contributed by atoms with van der Waals surface area (Å²) in [6.07, 6.45) is 3.40. The van der Waals surface area contributed by atoms with Crippen LogP contribution >= 0.6 is 0 Å². The van der Waals surface area contributed by atoms with Crippen molar-refractivity contribution in [3.05, 3.63) is 17.5 Å². The highest BCUT2D eigenvalue weighted by atomic mass is 16.6. The first-order valence-corrected chi connectivity index (χ1v) is 9.09. The number of likely N-dealkylation sites (tertiary alicyclic amines) is 1. The molecule has 0 N–H and O–H groups in total. The van der Waals surface area contributed by atoms with Crippen molar-refractivity contribution in [2.24, 2.45) is 7.05 Å². The Morgan fingerprint density at radius 2 is 2.23 bits per heavy atom. The summed E-state index contributed by atoms with van der Waals surface area (Å²) in [5.41, 5.74) is 2.51. The van der Waals surface area contributed by atoms with E-state index in [4.69, 9.17) is 14.2 Å². The predicted molar refractivity (Wildman–Crippen MR) is 95.4 cm³/mol. The maximum atomic E-state index is 12.2. The first kappa shape index (κ1) is 18.8. The van der Waals surface area contributed by atoms with Gasteiger partial charge in [0.05, 0.1) is 38.2 Å². The second kappa shape index (κ2) is 7.75. The van der Waals surface area contributed by atoms with Gasteiger partial charge in [-0.2, -0.15) is 0 Å². The zero-order valence-corrected chi connectivity index (χ0v) is 16.0. The lowest BCUT2D eigenvalue weighted by Crippen LogP contribution is -2.36. The van der Waals surface area contributed by atoms with Gasteiger partial charge >= 0.3 is 6.09 Å². The number of hydrogen-bond donors (Lipinski definition) is 0. The molecule has 0 radical (unpaired) electrons. The van der Waals surface area contributed by atoms with Crippen LogP contribution in [0, 0.1) is 0 Å². The van der Waals surface area contributed by atoms with Crippen molar-refractivity contribution in [1.82, 2.24) is 19.9 Å². The highest BCUT2D eigenvalue weighted by Crippen LogP contribution is 2.24. The van der Waals surface area contributed by atoms with E-state index in [2.05, 4.69) is 16.4 Å². The molecule has 3 heterocycles.